The number of hydrogen-bond acceptors (Lipinski definition) is 6. The number of aromatic hydroxyl groups is 3. The molecule has 2 aromatic carbocycles. The number of amides is 1. The van der Waals surface area contributed by atoms with Gasteiger partial charge in [0.15, 0.2) is 5.76 Å². The van der Waals surface area contributed by atoms with Crippen LogP contribution in [0.3, 0.4) is 0 Å². The van der Waals surface area contributed by atoms with Gasteiger partial charge in [-0.2, -0.15) is 0 Å². The highest BCUT2D eigenvalue weighted by Gasteiger charge is 2.22. The molecule has 4 N–H and O–H groups in total. The van der Waals surface area contributed by atoms with Gasteiger partial charge in [0, 0.05) is 29.8 Å². The minimum absolute atomic E-state index is 0.00346. The zero-order valence-corrected chi connectivity index (χ0v) is 16.2. The molecule has 150 valence electrons. The zero-order chi connectivity index (χ0) is 21.3. The van der Waals surface area contributed by atoms with Crippen molar-refractivity contribution in [3.8, 4) is 28.6 Å². The van der Waals surface area contributed by atoms with Gasteiger partial charge in [-0.25, -0.2) is 0 Å². The van der Waals surface area contributed by atoms with Crippen LogP contribution in [0, 0.1) is 0 Å². The maximum Gasteiger partial charge on any atom is 0.238 e. The molecule has 1 heterocycles. The monoisotopic (exact) mass is 395 g/mol. The normalized spacial score (nSPS) is 10.7. The molecule has 3 rings (SSSR count). The standard InChI is InChI=1S/C22H21NO6/c1-11(2)4-9-15-16(25)10-17(26)18-19(27)20(28)21(29-22(15)18)13-5-7-14(8-6-13)23-12(3)24/h4-8,10,25-26,28H,9H2,1-3H3,(H,23,24). The van der Waals surface area contributed by atoms with Crippen LogP contribution in [0.1, 0.15) is 26.3 Å². The summed E-state index contributed by atoms with van der Waals surface area (Å²) in [6.45, 7) is 5.17. The van der Waals surface area contributed by atoms with Gasteiger partial charge in [0.05, 0.1) is 0 Å². The van der Waals surface area contributed by atoms with Gasteiger partial charge < -0.3 is 25.1 Å². The highest BCUT2D eigenvalue weighted by Crippen LogP contribution is 2.38. The molecule has 0 unspecified atom stereocenters. The third-order valence-electron chi connectivity index (χ3n) is 4.38. The molecular weight excluding hydrogens is 374 g/mol. The Balaban J connectivity index is 2.25. The Bertz CT molecular complexity index is 1180. The lowest BCUT2D eigenvalue weighted by Crippen LogP contribution is -2.06. The van der Waals surface area contributed by atoms with E-state index in [1.54, 1.807) is 24.3 Å². The lowest BCUT2D eigenvalue weighted by molar-refractivity contribution is -0.114. The summed E-state index contributed by atoms with van der Waals surface area (Å²) < 4.78 is 5.82. The molecule has 1 aromatic heterocycles. The van der Waals surface area contributed by atoms with E-state index in [2.05, 4.69) is 5.32 Å². The maximum atomic E-state index is 12.7. The number of rotatable bonds is 4. The Labute approximate surface area is 166 Å². The fourth-order valence-electron chi connectivity index (χ4n) is 2.98. The zero-order valence-electron chi connectivity index (χ0n) is 16.2. The molecule has 0 aliphatic carbocycles. The third kappa shape index (κ3) is 3.94. The largest absolute Gasteiger partial charge is 0.507 e. The fraction of sp³-hybridized carbons (Fsp3) is 0.182. The summed E-state index contributed by atoms with van der Waals surface area (Å²) in [5, 5.41) is 33.3. The van der Waals surface area contributed by atoms with Crippen molar-refractivity contribution in [3.63, 3.8) is 0 Å². The second-order valence-corrected chi connectivity index (χ2v) is 6.95. The van der Waals surface area contributed by atoms with Gasteiger partial charge in [-0.3, -0.25) is 9.59 Å². The second-order valence-electron chi connectivity index (χ2n) is 6.95. The van der Waals surface area contributed by atoms with Gasteiger partial charge in [0.1, 0.15) is 22.5 Å². The minimum Gasteiger partial charge on any atom is -0.507 e. The summed E-state index contributed by atoms with van der Waals surface area (Å²) in [4.78, 5) is 23.9. The highest BCUT2D eigenvalue weighted by molar-refractivity contribution is 5.91. The van der Waals surface area contributed by atoms with Crippen LogP contribution >= 0.6 is 0 Å². The molecular formula is C22H21NO6. The molecule has 0 spiro atoms. The van der Waals surface area contributed by atoms with E-state index in [0.717, 1.165) is 11.6 Å². The smallest absolute Gasteiger partial charge is 0.238 e. The highest BCUT2D eigenvalue weighted by atomic mass is 16.4. The van der Waals surface area contributed by atoms with Crippen LogP contribution in [0.2, 0.25) is 0 Å². The Kier molecular flexibility index (Phi) is 5.32. The average molecular weight is 395 g/mol. The van der Waals surface area contributed by atoms with Crippen LogP contribution in [0.4, 0.5) is 5.69 Å². The Morgan fingerprint density at radius 1 is 1.07 bits per heavy atom. The summed E-state index contributed by atoms with van der Waals surface area (Å²) in [6.07, 6.45) is 2.12. The molecule has 7 heteroatoms. The van der Waals surface area contributed by atoms with E-state index >= 15 is 0 Å². The van der Waals surface area contributed by atoms with Crippen molar-refractivity contribution >= 4 is 22.6 Å². The van der Waals surface area contributed by atoms with Crippen LogP contribution in [-0.2, 0) is 11.2 Å². The van der Waals surface area contributed by atoms with Crippen molar-refractivity contribution in [1.82, 2.24) is 0 Å². The number of benzene rings is 2. The molecule has 1 amide bonds. The molecule has 7 nitrogen and oxygen atoms in total. The first-order valence-corrected chi connectivity index (χ1v) is 8.94. The molecule has 0 atom stereocenters. The van der Waals surface area contributed by atoms with Crippen LogP contribution in [0.15, 0.2) is 51.2 Å². The van der Waals surface area contributed by atoms with E-state index in [-0.39, 0.29) is 34.8 Å². The van der Waals surface area contributed by atoms with E-state index in [4.69, 9.17) is 4.42 Å². The van der Waals surface area contributed by atoms with Crippen LogP contribution in [0.5, 0.6) is 17.2 Å². The molecule has 0 bridgehead atoms. The number of phenols is 2. The number of carbonyl (C=O) groups excluding carboxylic acids is 1. The molecule has 0 saturated carbocycles. The van der Waals surface area contributed by atoms with Crippen molar-refractivity contribution in [3.05, 3.63) is 57.8 Å². The Morgan fingerprint density at radius 2 is 1.72 bits per heavy atom. The number of hydrogen-bond donors (Lipinski definition) is 4. The van der Waals surface area contributed by atoms with Gasteiger partial charge in [0.2, 0.25) is 17.1 Å². The second kappa shape index (κ2) is 7.71. The summed E-state index contributed by atoms with van der Waals surface area (Å²) in [5.41, 5.74) is 1.47. The molecule has 0 fully saturated rings. The number of phenolic OH excluding ortho intramolecular Hbond substituents is 2. The first-order valence-electron chi connectivity index (χ1n) is 8.94. The van der Waals surface area contributed by atoms with Gasteiger partial charge in [-0.05, 0) is 44.5 Å². The summed E-state index contributed by atoms with van der Waals surface area (Å²) in [7, 11) is 0. The molecule has 0 aliphatic rings. The molecule has 0 saturated heterocycles. The minimum atomic E-state index is -0.803. The van der Waals surface area contributed by atoms with Crippen molar-refractivity contribution < 1.29 is 24.5 Å². The number of fused-ring (bicyclic) bond motifs is 1. The SMILES string of the molecule is CC(=O)Nc1ccc(-c2oc3c(CC=C(C)C)c(O)cc(O)c3c(=O)c2O)cc1. The Morgan fingerprint density at radius 3 is 2.31 bits per heavy atom. The molecule has 0 aliphatic heterocycles. The summed E-state index contributed by atoms with van der Waals surface area (Å²) >= 11 is 0. The van der Waals surface area contributed by atoms with Gasteiger partial charge in [-0.1, -0.05) is 11.6 Å². The van der Waals surface area contributed by atoms with Gasteiger partial charge in [0.25, 0.3) is 0 Å². The van der Waals surface area contributed by atoms with E-state index in [9.17, 15) is 24.9 Å². The first-order chi connectivity index (χ1) is 13.7. The van der Waals surface area contributed by atoms with E-state index < -0.39 is 16.9 Å². The maximum absolute atomic E-state index is 12.7. The van der Waals surface area contributed by atoms with E-state index in [0.29, 0.717) is 16.8 Å². The average Bonchev–Trinajstić information content (AvgIpc) is 2.64. The lowest BCUT2D eigenvalue weighted by atomic mass is 10.0. The number of allylic oxidation sites excluding steroid dienone is 2. The number of nitrogens with one attached hydrogen (secondary N) is 1. The van der Waals surface area contributed by atoms with E-state index in [1.807, 2.05) is 19.9 Å². The lowest BCUT2D eigenvalue weighted by Gasteiger charge is -2.12. The predicted molar refractivity (Wildman–Crippen MR) is 110 cm³/mol. The topological polar surface area (TPSA) is 120 Å². The Hall–Kier alpha value is -3.74. The fourth-order valence-corrected chi connectivity index (χ4v) is 2.98. The molecule has 3 aromatic rings. The summed E-state index contributed by atoms with van der Waals surface area (Å²) in [6, 6.07) is 7.42. The first kappa shape index (κ1) is 20.0. The molecule has 0 radical (unpaired) electrons. The van der Waals surface area contributed by atoms with Gasteiger partial charge >= 0.3 is 0 Å². The number of carbonyl (C=O) groups is 1. The third-order valence-corrected chi connectivity index (χ3v) is 4.38. The van der Waals surface area contributed by atoms with Crippen LogP contribution in [0.25, 0.3) is 22.3 Å². The van der Waals surface area contributed by atoms with Gasteiger partial charge in [-0.15, -0.1) is 0 Å². The van der Waals surface area contributed by atoms with E-state index in [1.165, 1.54) is 6.92 Å². The quantitative estimate of drug-likeness (QED) is 0.495. The molecule has 29 heavy (non-hydrogen) atoms. The van der Waals surface area contributed by atoms with Crippen molar-refractivity contribution in [1.29, 1.82) is 0 Å². The van der Waals surface area contributed by atoms with Crippen LogP contribution in [-0.4, -0.2) is 21.2 Å². The predicted octanol–water partition coefficient (Wildman–Crippen LogP) is 4.04. The van der Waals surface area contributed by atoms with Crippen LogP contribution < -0.4 is 10.7 Å². The summed E-state index contributed by atoms with van der Waals surface area (Å²) in [5.74, 6) is -1.67. The van der Waals surface area contributed by atoms with Crippen molar-refractivity contribution in [2.75, 3.05) is 5.32 Å². The van der Waals surface area contributed by atoms with Crippen molar-refractivity contribution in [2.45, 2.75) is 27.2 Å². The van der Waals surface area contributed by atoms with Crippen molar-refractivity contribution in [2.24, 2.45) is 0 Å². The number of anilines is 1.